The molecule has 0 atom stereocenters. The van der Waals surface area contributed by atoms with Crippen molar-refractivity contribution in [2.45, 2.75) is 13.3 Å². The highest BCUT2D eigenvalue weighted by Gasteiger charge is 2.34. The molecule has 122 valence electrons. The standard InChI is InChI=1S/C18H15FN2O3/c1-11-10-12(6-7-15(11)19)20-16(22)8-9-21-17(23)13-4-2-3-5-14(13)18(21)24/h2-7,10H,8-9H2,1H3,(H,20,22). The summed E-state index contributed by atoms with van der Waals surface area (Å²) in [5.74, 6) is -1.47. The Balaban J connectivity index is 1.62. The largest absolute Gasteiger partial charge is 0.326 e. The molecule has 6 heteroatoms. The first-order valence-corrected chi connectivity index (χ1v) is 7.48. The molecule has 0 radical (unpaired) electrons. The van der Waals surface area contributed by atoms with Crippen molar-refractivity contribution in [3.05, 3.63) is 65.0 Å². The number of anilines is 1. The van der Waals surface area contributed by atoms with Gasteiger partial charge in [-0.2, -0.15) is 0 Å². The van der Waals surface area contributed by atoms with Crippen LogP contribution in [-0.4, -0.2) is 29.2 Å². The molecule has 2 aromatic carbocycles. The average Bonchev–Trinajstić information content (AvgIpc) is 2.81. The van der Waals surface area contributed by atoms with E-state index in [1.165, 1.54) is 18.2 Å². The number of hydrogen-bond donors (Lipinski definition) is 1. The predicted molar refractivity (Wildman–Crippen MR) is 86.2 cm³/mol. The van der Waals surface area contributed by atoms with Gasteiger partial charge in [0.15, 0.2) is 0 Å². The summed E-state index contributed by atoms with van der Waals surface area (Å²) in [6, 6.07) is 10.8. The summed E-state index contributed by atoms with van der Waals surface area (Å²) in [7, 11) is 0. The first-order valence-electron chi connectivity index (χ1n) is 7.48. The van der Waals surface area contributed by atoms with Crippen LogP contribution in [0.2, 0.25) is 0 Å². The number of carbonyl (C=O) groups is 3. The van der Waals surface area contributed by atoms with Crippen LogP contribution in [0, 0.1) is 12.7 Å². The van der Waals surface area contributed by atoms with Gasteiger partial charge in [-0.15, -0.1) is 0 Å². The summed E-state index contributed by atoms with van der Waals surface area (Å²) >= 11 is 0. The van der Waals surface area contributed by atoms with Crippen molar-refractivity contribution in [3.63, 3.8) is 0 Å². The zero-order valence-electron chi connectivity index (χ0n) is 13.0. The van der Waals surface area contributed by atoms with E-state index in [9.17, 15) is 18.8 Å². The Hall–Kier alpha value is -3.02. The molecule has 3 amide bonds. The van der Waals surface area contributed by atoms with Crippen molar-refractivity contribution in [2.24, 2.45) is 0 Å². The fraction of sp³-hybridized carbons (Fsp3) is 0.167. The van der Waals surface area contributed by atoms with Crippen molar-refractivity contribution in [2.75, 3.05) is 11.9 Å². The molecule has 1 N–H and O–H groups in total. The van der Waals surface area contributed by atoms with E-state index in [2.05, 4.69) is 5.32 Å². The highest BCUT2D eigenvalue weighted by Crippen LogP contribution is 2.22. The molecular weight excluding hydrogens is 311 g/mol. The summed E-state index contributed by atoms with van der Waals surface area (Å²) in [5.41, 5.74) is 1.61. The van der Waals surface area contributed by atoms with E-state index in [4.69, 9.17) is 0 Å². The normalized spacial score (nSPS) is 13.2. The smallest absolute Gasteiger partial charge is 0.261 e. The Kier molecular flexibility index (Phi) is 4.12. The minimum atomic E-state index is -0.388. The van der Waals surface area contributed by atoms with E-state index in [-0.39, 0.29) is 36.5 Å². The number of aryl methyl sites for hydroxylation is 1. The zero-order chi connectivity index (χ0) is 17.3. The lowest BCUT2D eigenvalue weighted by Gasteiger charge is -2.13. The van der Waals surface area contributed by atoms with Crippen LogP contribution in [0.15, 0.2) is 42.5 Å². The summed E-state index contributed by atoms with van der Waals surface area (Å²) in [4.78, 5) is 37.5. The van der Waals surface area contributed by atoms with Crippen molar-refractivity contribution in [1.29, 1.82) is 0 Å². The highest BCUT2D eigenvalue weighted by molar-refractivity contribution is 6.21. The van der Waals surface area contributed by atoms with Crippen molar-refractivity contribution < 1.29 is 18.8 Å². The lowest BCUT2D eigenvalue weighted by molar-refractivity contribution is -0.116. The maximum absolute atomic E-state index is 13.2. The third-order valence-electron chi connectivity index (χ3n) is 3.88. The number of benzene rings is 2. The minimum absolute atomic E-state index is 0.00163. The van der Waals surface area contributed by atoms with Gasteiger partial charge in [-0.05, 0) is 42.8 Å². The second kappa shape index (κ2) is 6.23. The Labute approximate surface area is 138 Å². The number of rotatable bonds is 4. The van der Waals surface area contributed by atoms with Crippen LogP contribution in [0.25, 0.3) is 0 Å². The topological polar surface area (TPSA) is 66.5 Å². The van der Waals surface area contributed by atoms with Gasteiger partial charge in [0.05, 0.1) is 11.1 Å². The molecular formula is C18H15FN2O3. The first-order chi connectivity index (χ1) is 11.5. The molecule has 3 rings (SSSR count). The highest BCUT2D eigenvalue weighted by atomic mass is 19.1. The first kappa shape index (κ1) is 15.9. The van der Waals surface area contributed by atoms with Crippen LogP contribution in [0.1, 0.15) is 32.7 Å². The molecule has 0 spiro atoms. The van der Waals surface area contributed by atoms with Gasteiger partial charge in [0.1, 0.15) is 5.82 Å². The van der Waals surface area contributed by atoms with Gasteiger partial charge in [-0.25, -0.2) is 4.39 Å². The van der Waals surface area contributed by atoms with E-state index in [1.54, 1.807) is 31.2 Å². The minimum Gasteiger partial charge on any atom is -0.326 e. The van der Waals surface area contributed by atoms with E-state index < -0.39 is 0 Å². The second-order valence-electron chi connectivity index (χ2n) is 5.57. The third-order valence-corrected chi connectivity index (χ3v) is 3.88. The second-order valence-corrected chi connectivity index (χ2v) is 5.57. The van der Waals surface area contributed by atoms with Crippen LogP contribution in [-0.2, 0) is 4.79 Å². The maximum atomic E-state index is 13.2. The SMILES string of the molecule is Cc1cc(NC(=O)CCN2C(=O)c3ccccc3C2=O)ccc1F. The van der Waals surface area contributed by atoms with E-state index >= 15 is 0 Å². The predicted octanol–water partition coefficient (Wildman–Crippen LogP) is 2.76. The Morgan fingerprint density at radius 2 is 1.71 bits per heavy atom. The maximum Gasteiger partial charge on any atom is 0.261 e. The fourth-order valence-corrected chi connectivity index (χ4v) is 2.60. The van der Waals surface area contributed by atoms with Crippen molar-refractivity contribution >= 4 is 23.4 Å². The molecule has 0 saturated heterocycles. The van der Waals surface area contributed by atoms with Crippen LogP contribution < -0.4 is 5.32 Å². The van der Waals surface area contributed by atoms with Crippen LogP contribution in [0.3, 0.4) is 0 Å². The third kappa shape index (κ3) is 2.90. The van der Waals surface area contributed by atoms with Crippen molar-refractivity contribution in [1.82, 2.24) is 4.90 Å². The number of nitrogens with zero attached hydrogens (tertiary/aromatic N) is 1. The van der Waals surface area contributed by atoms with Gasteiger partial charge in [0, 0.05) is 18.7 Å². The number of halogens is 1. The lowest BCUT2D eigenvalue weighted by Crippen LogP contribution is -2.32. The van der Waals surface area contributed by atoms with E-state index in [1.807, 2.05) is 0 Å². The molecule has 5 nitrogen and oxygen atoms in total. The van der Waals surface area contributed by atoms with E-state index in [0.29, 0.717) is 22.4 Å². The molecule has 2 aromatic rings. The fourth-order valence-electron chi connectivity index (χ4n) is 2.60. The molecule has 24 heavy (non-hydrogen) atoms. The molecule has 0 aliphatic carbocycles. The van der Waals surface area contributed by atoms with Gasteiger partial charge >= 0.3 is 0 Å². The Morgan fingerprint density at radius 1 is 1.08 bits per heavy atom. The number of imide groups is 1. The van der Waals surface area contributed by atoms with Gasteiger partial charge in [0.25, 0.3) is 11.8 Å². The van der Waals surface area contributed by atoms with Gasteiger partial charge in [0.2, 0.25) is 5.91 Å². The van der Waals surface area contributed by atoms with Gasteiger partial charge in [-0.1, -0.05) is 12.1 Å². The molecule has 1 aliphatic rings. The monoisotopic (exact) mass is 326 g/mol. The Morgan fingerprint density at radius 3 is 2.29 bits per heavy atom. The summed E-state index contributed by atoms with van der Waals surface area (Å²) in [6.45, 7) is 1.60. The molecule has 1 heterocycles. The number of carbonyl (C=O) groups excluding carboxylic acids is 3. The summed E-state index contributed by atoms with van der Waals surface area (Å²) in [5, 5.41) is 2.63. The van der Waals surface area contributed by atoms with Crippen LogP contribution in [0.5, 0.6) is 0 Å². The van der Waals surface area contributed by atoms with E-state index in [0.717, 1.165) is 4.90 Å². The van der Waals surface area contributed by atoms with Crippen LogP contribution >= 0.6 is 0 Å². The number of amides is 3. The molecule has 0 aromatic heterocycles. The van der Waals surface area contributed by atoms with Gasteiger partial charge in [-0.3, -0.25) is 19.3 Å². The summed E-state index contributed by atoms with van der Waals surface area (Å²) in [6.07, 6.45) is -0.0259. The number of hydrogen-bond acceptors (Lipinski definition) is 3. The molecule has 0 saturated carbocycles. The number of nitrogens with one attached hydrogen (secondary N) is 1. The number of fused-ring (bicyclic) bond motifs is 1. The van der Waals surface area contributed by atoms with Crippen molar-refractivity contribution in [3.8, 4) is 0 Å². The molecule has 0 fully saturated rings. The lowest BCUT2D eigenvalue weighted by atomic mass is 10.1. The molecule has 0 unspecified atom stereocenters. The molecule has 1 aliphatic heterocycles. The Bertz CT molecular complexity index is 813. The van der Waals surface area contributed by atoms with Crippen LogP contribution in [0.4, 0.5) is 10.1 Å². The molecule has 0 bridgehead atoms. The quantitative estimate of drug-likeness (QED) is 0.879. The summed E-state index contributed by atoms with van der Waals surface area (Å²) < 4.78 is 13.2. The average molecular weight is 326 g/mol. The zero-order valence-corrected chi connectivity index (χ0v) is 13.0. The van der Waals surface area contributed by atoms with Gasteiger partial charge < -0.3 is 5.32 Å².